The minimum absolute atomic E-state index is 0.00525. The Hall–Kier alpha value is -1.47. The lowest BCUT2D eigenvalue weighted by Gasteiger charge is -2.40. The van der Waals surface area contributed by atoms with Crippen molar-refractivity contribution < 1.29 is 13.2 Å². The third-order valence-corrected chi connectivity index (χ3v) is 7.91. The molecule has 0 aromatic carbocycles. The van der Waals surface area contributed by atoms with E-state index in [2.05, 4.69) is 4.98 Å². The Kier molecular flexibility index (Phi) is 3.88. The molecule has 1 saturated carbocycles. The molecule has 3 heterocycles. The molecule has 1 unspecified atom stereocenters. The maximum atomic E-state index is 12.7. The van der Waals surface area contributed by atoms with Gasteiger partial charge in [0, 0.05) is 44.0 Å². The molecule has 1 amide bonds. The van der Waals surface area contributed by atoms with Crippen molar-refractivity contribution in [2.75, 3.05) is 26.2 Å². The Morgan fingerprint density at radius 2 is 2.04 bits per heavy atom. The maximum Gasteiger partial charge on any atom is 0.255 e. The first-order chi connectivity index (χ1) is 11.5. The number of aromatic nitrogens is 1. The summed E-state index contributed by atoms with van der Waals surface area (Å²) in [6.07, 6.45) is 7.66. The molecule has 2 aliphatic heterocycles. The molecule has 0 radical (unpaired) electrons. The molecule has 0 bridgehead atoms. The van der Waals surface area contributed by atoms with Gasteiger partial charge in [0.05, 0.1) is 10.8 Å². The van der Waals surface area contributed by atoms with Crippen LogP contribution in [0.15, 0.2) is 24.5 Å². The summed E-state index contributed by atoms with van der Waals surface area (Å²) in [6, 6.07) is 3.56. The molecule has 1 aromatic rings. The molecular formula is C17H23N3O3S. The lowest BCUT2D eigenvalue weighted by atomic mass is 9.79. The van der Waals surface area contributed by atoms with E-state index in [1.54, 1.807) is 28.8 Å². The molecule has 4 rings (SSSR count). The van der Waals surface area contributed by atoms with Crippen molar-refractivity contribution in [1.82, 2.24) is 14.2 Å². The lowest BCUT2D eigenvalue weighted by Crippen LogP contribution is -2.48. The van der Waals surface area contributed by atoms with Gasteiger partial charge in [-0.2, -0.15) is 0 Å². The van der Waals surface area contributed by atoms with E-state index in [0.29, 0.717) is 25.2 Å². The third kappa shape index (κ3) is 2.84. The van der Waals surface area contributed by atoms with Crippen LogP contribution in [-0.2, 0) is 10.0 Å². The van der Waals surface area contributed by atoms with Gasteiger partial charge < -0.3 is 4.90 Å². The molecule has 1 aromatic heterocycles. The number of sulfonamides is 1. The maximum absolute atomic E-state index is 12.7. The number of nitrogens with zero attached hydrogens (tertiary/aromatic N) is 3. The van der Waals surface area contributed by atoms with Crippen molar-refractivity contribution in [2.45, 2.75) is 37.4 Å². The smallest absolute Gasteiger partial charge is 0.255 e. The topological polar surface area (TPSA) is 70.6 Å². The molecule has 130 valence electrons. The summed E-state index contributed by atoms with van der Waals surface area (Å²) in [5, 5.41) is -0.149. The van der Waals surface area contributed by atoms with E-state index in [9.17, 15) is 13.2 Å². The molecule has 1 atom stereocenters. The van der Waals surface area contributed by atoms with Gasteiger partial charge in [-0.1, -0.05) is 0 Å². The fourth-order valence-electron chi connectivity index (χ4n) is 4.07. The molecule has 3 fully saturated rings. The first-order valence-electron chi connectivity index (χ1n) is 8.69. The third-order valence-electron chi connectivity index (χ3n) is 5.57. The number of piperidine rings is 1. The van der Waals surface area contributed by atoms with Crippen molar-refractivity contribution in [3.63, 3.8) is 0 Å². The van der Waals surface area contributed by atoms with Crippen molar-refractivity contribution in [3.05, 3.63) is 30.1 Å². The van der Waals surface area contributed by atoms with Crippen molar-refractivity contribution in [2.24, 2.45) is 5.41 Å². The van der Waals surface area contributed by atoms with Gasteiger partial charge in [0.15, 0.2) is 0 Å². The van der Waals surface area contributed by atoms with E-state index in [1.165, 1.54) is 0 Å². The molecule has 7 heteroatoms. The minimum Gasteiger partial charge on any atom is -0.338 e. The van der Waals surface area contributed by atoms with E-state index in [-0.39, 0.29) is 16.6 Å². The van der Waals surface area contributed by atoms with Gasteiger partial charge in [0.1, 0.15) is 0 Å². The second-order valence-corrected chi connectivity index (χ2v) is 9.61. The molecule has 1 spiro atoms. The predicted octanol–water partition coefficient (Wildman–Crippen LogP) is 1.50. The van der Waals surface area contributed by atoms with Crippen LogP contribution < -0.4 is 0 Å². The largest absolute Gasteiger partial charge is 0.338 e. The average Bonchev–Trinajstić information content (AvgIpc) is 3.39. The normalized spacial score (nSPS) is 28.4. The highest BCUT2D eigenvalue weighted by Gasteiger charge is 2.49. The molecule has 3 aliphatic rings. The minimum atomic E-state index is -3.11. The number of hydrogen-bond donors (Lipinski definition) is 0. The summed E-state index contributed by atoms with van der Waals surface area (Å²) < 4.78 is 26.7. The van der Waals surface area contributed by atoms with Crippen LogP contribution >= 0.6 is 0 Å². The zero-order valence-corrected chi connectivity index (χ0v) is 14.5. The number of rotatable bonds is 3. The van der Waals surface area contributed by atoms with Gasteiger partial charge in [-0.25, -0.2) is 12.7 Å². The zero-order chi connectivity index (χ0) is 16.8. The summed E-state index contributed by atoms with van der Waals surface area (Å²) >= 11 is 0. The van der Waals surface area contributed by atoms with E-state index in [1.807, 2.05) is 4.90 Å². The predicted molar refractivity (Wildman–Crippen MR) is 89.9 cm³/mol. The number of likely N-dealkylation sites (tertiary alicyclic amines) is 1. The van der Waals surface area contributed by atoms with Crippen molar-refractivity contribution >= 4 is 15.9 Å². The fourth-order valence-corrected chi connectivity index (χ4v) is 6.03. The quantitative estimate of drug-likeness (QED) is 0.829. The molecule has 2 saturated heterocycles. The SMILES string of the molecule is O=C(c1cccnc1)N1CCCC2(CCN(S(=O)(=O)C3CC3)C2)C1. The van der Waals surface area contributed by atoms with Crippen molar-refractivity contribution in [3.8, 4) is 0 Å². The lowest BCUT2D eigenvalue weighted by molar-refractivity contribution is 0.0543. The first-order valence-corrected chi connectivity index (χ1v) is 10.2. The molecule has 1 aliphatic carbocycles. The zero-order valence-electron chi connectivity index (χ0n) is 13.7. The van der Waals surface area contributed by atoms with Crippen LogP contribution in [0.3, 0.4) is 0 Å². The summed E-state index contributed by atoms with van der Waals surface area (Å²) in [7, 11) is -3.11. The Labute approximate surface area is 142 Å². The van der Waals surface area contributed by atoms with E-state index in [0.717, 1.165) is 38.6 Å². The van der Waals surface area contributed by atoms with Gasteiger partial charge >= 0.3 is 0 Å². The van der Waals surface area contributed by atoms with Gasteiger partial charge in [-0.3, -0.25) is 9.78 Å². The van der Waals surface area contributed by atoms with Gasteiger partial charge in [0.2, 0.25) is 10.0 Å². The Morgan fingerprint density at radius 1 is 1.21 bits per heavy atom. The summed E-state index contributed by atoms with van der Waals surface area (Å²) in [5.41, 5.74) is 0.535. The summed E-state index contributed by atoms with van der Waals surface area (Å²) in [5.74, 6) is 0.00525. The Bertz CT molecular complexity index is 733. The highest BCUT2D eigenvalue weighted by Crippen LogP contribution is 2.42. The monoisotopic (exact) mass is 349 g/mol. The van der Waals surface area contributed by atoms with Crippen LogP contribution in [0.5, 0.6) is 0 Å². The molecule has 0 N–H and O–H groups in total. The Balaban J connectivity index is 1.48. The molecule has 24 heavy (non-hydrogen) atoms. The highest BCUT2D eigenvalue weighted by molar-refractivity contribution is 7.90. The van der Waals surface area contributed by atoms with Gasteiger partial charge in [0.25, 0.3) is 5.91 Å². The van der Waals surface area contributed by atoms with Crippen LogP contribution in [0.25, 0.3) is 0 Å². The highest BCUT2D eigenvalue weighted by atomic mass is 32.2. The number of amides is 1. The van der Waals surface area contributed by atoms with E-state index >= 15 is 0 Å². The van der Waals surface area contributed by atoms with Crippen LogP contribution in [0.4, 0.5) is 0 Å². The second kappa shape index (κ2) is 5.81. The van der Waals surface area contributed by atoms with E-state index < -0.39 is 10.0 Å². The first kappa shape index (κ1) is 16.0. The summed E-state index contributed by atoms with van der Waals surface area (Å²) in [6.45, 7) is 2.57. The number of pyridine rings is 1. The fraction of sp³-hybridized carbons (Fsp3) is 0.647. The number of carbonyl (C=O) groups is 1. The molecular weight excluding hydrogens is 326 g/mol. The van der Waals surface area contributed by atoms with E-state index in [4.69, 9.17) is 0 Å². The standard InChI is InChI=1S/C17H23N3O3S/c21-16(14-3-1-8-18-11-14)19-9-2-6-17(12-19)7-10-20(13-17)24(22,23)15-4-5-15/h1,3,8,11,15H,2,4-7,9-10,12-13H2. The van der Waals surface area contributed by atoms with Crippen LogP contribution in [0.2, 0.25) is 0 Å². The average molecular weight is 349 g/mol. The van der Waals surface area contributed by atoms with Crippen molar-refractivity contribution in [1.29, 1.82) is 0 Å². The summed E-state index contributed by atoms with van der Waals surface area (Å²) in [4.78, 5) is 18.6. The van der Waals surface area contributed by atoms with Gasteiger partial charge in [-0.15, -0.1) is 0 Å². The van der Waals surface area contributed by atoms with Crippen LogP contribution in [0.1, 0.15) is 42.5 Å². The number of carbonyl (C=O) groups excluding carboxylic acids is 1. The second-order valence-electron chi connectivity index (χ2n) is 7.40. The van der Waals surface area contributed by atoms with Gasteiger partial charge in [-0.05, 0) is 44.2 Å². The van der Waals surface area contributed by atoms with Crippen LogP contribution in [0, 0.1) is 5.41 Å². The van der Waals surface area contributed by atoms with Crippen LogP contribution in [-0.4, -0.2) is 59.9 Å². The number of hydrogen-bond acceptors (Lipinski definition) is 4. The molecule has 6 nitrogen and oxygen atoms in total. The Morgan fingerprint density at radius 3 is 2.75 bits per heavy atom.